The van der Waals surface area contributed by atoms with Gasteiger partial charge in [0.2, 0.25) is 0 Å². The van der Waals surface area contributed by atoms with Crippen LogP contribution in [0.1, 0.15) is 63.8 Å². The van der Waals surface area contributed by atoms with Gasteiger partial charge in [0.1, 0.15) is 34.3 Å². The number of nitriles is 2. The third-order valence-corrected chi connectivity index (χ3v) is 5.93. The Balaban J connectivity index is 2.96. The number of rotatable bonds is 4. The largest absolute Gasteiger partial charge is 0.507 e. The second-order valence-corrected chi connectivity index (χ2v) is 10.4. The van der Waals surface area contributed by atoms with Gasteiger partial charge in [0.15, 0.2) is 0 Å². The van der Waals surface area contributed by atoms with E-state index >= 15 is 0 Å². The van der Waals surface area contributed by atoms with Gasteiger partial charge in [-0.25, -0.2) is 4.98 Å². The summed E-state index contributed by atoms with van der Waals surface area (Å²) in [4.78, 5) is 15.8. The summed E-state index contributed by atoms with van der Waals surface area (Å²) in [6.45, 7) is 11.9. The minimum atomic E-state index is -0.472. The number of hydrogen-bond donors (Lipinski definition) is 2. The van der Waals surface area contributed by atoms with Crippen molar-refractivity contribution in [3.63, 3.8) is 0 Å². The number of anilines is 1. The monoisotopic (exact) mass is 452 g/mol. The molecule has 0 saturated carbocycles. The van der Waals surface area contributed by atoms with E-state index < -0.39 is 16.8 Å². The van der Waals surface area contributed by atoms with E-state index in [4.69, 9.17) is 5.73 Å². The van der Waals surface area contributed by atoms with Gasteiger partial charge in [0, 0.05) is 16.7 Å². The lowest BCUT2D eigenvalue weighted by Crippen LogP contribution is -2.17. The highest BCUT2D eigenvalue weighted by molar-refractivity contribution is 7.99. The summed E-state index contributed by atoms with van der Waals surface area (Å²) in [5.41, 5.74) is 7.81. The Hall–Kier alpha value is -3.23. The summed E-state index contributed by atoms with van der Waals surface area (Å²) < 4.78 is 4.67. The Labute approximate surface area is 193 Å². The number of nitrogen functional groups attached to an aromatic ring is 1. The topological polar surface area (TPSA) is 133 Å². The van der Waals surface area contributed by atoms with Crippen LogP contribution in [0, 0.1) is 22.7 Å². The Kier molecular flexibility index (Phi) is 7.12. The number of methoxy groups -OCH3 is 1. The average Bonchev–Trinajstić information content (AvgIpc) is 2.69. The van der Waals surface area contributed by atoms with E-state index in [9.17, 15) is 20.4 Å². The number of nitrogens with two attached hydrogens (primary N) is 1. The summed E-state index contributed by atoms with van der Waals surface area (Å²) >= 11 is 1.02. The molecule has 0 amide bonds. The van der Waals surface area contributed by atoms with Crippen LogP contribution in [-0.2, 0) is 20.4 Å². The smallest absolute Gasteiger partial charge is 0.316 e. The molecule has 0 saturated heterocycles. The Bertz CT molecular complexity index is 1110. The number of ether oxygens (including phenoxy) is 1. The van der Waals surface area contributed by atoms with Crippen molar-refractivity contribution < 1.29 is 14.6 Å². The number of aromatic hydroxyl groups is 1. The molecule has 0 bridgehead atoms. The summed E-state index contributed by atoms with van der Waals surface area (Å²) in [6, 6.07) is 7.78. The van der Waals surface area contributed by atoms with Crippen LogP contribution in [0.15, 0.2) is 17.2 Å². The number of hydrogen-bond acceptors (Lipinski definition) is 8. The molecule has 0 spiro atoms. The molecule has 0 unspecified atom stereocenters. The molecule has 7 nitrogen and oxygen atoms in total. The number of aromatic nitrogens is 1. The zero-order valence-electron chi connectivity index (χ0n) is 19.5. The zero-order chi connectivity index (χ0) is 24.4. The lowest BCUT2D eigenvalue weighted by molar-refractivity contribution is -0.137. The minimum Gasteiger partial charge on any atom is -0.507 e. The van der Waals surface area contributed by atoms with Crippen molar-refractivity contribution in [3.05, 3.63) is 34.4 Å². The maximum Gasteiger partial charge on any atom is 0.316 e. The van der Waals surface area contributed by atoms with Crippen molar-refractivity contribution in [2.45, 2.75) is 57.4 Å². The van der Waals surface area contributed by atoms with Gasteiger partial charge in [0.05, 0.1) is 18.4 Å². The third-order valence-electron chi connectivity index (χ3n) is 4.98. The lowest BCUT2D eigenvalue weighted by Gasteiger charge is -2.28. The first-order valence-corrected chi connectivity index (χ1v) is 11.0. The first kappa shape index (κ1) is 25.0. The molecule has 1 aromatic carbocycles. The number of esters is 1. The van der Waals surface area contributed by atoms with Gasteiger partial charge >= 0.3 is 5.97 Å². The second-order valence-electron chi connectivity index (χ2n) is 9.44. The van der Waals surface area contributed by atoms with Crippen LogP contribution in [0.5, 0.6) is 5.75 Å². The quantitative estimate of drug-likeness (QED) is 0.506. The number of phenolic OH excluding ortho intramolecular Hbond substituents is 1. The van der Waals surface area contributed by atoms with Crippen molar-refractivity contribution in [2.75, 3.05) is 18.6 Å². The maximum atomic E-state index is 11.6. The molecular weight excluding hydrogens is 424 g/mol. The molecule has 32 heavy (non-hydrogen) atoms. The molecule has 0 radical (unpaired) electrons. The first-order chi connectivity index (χ1) is 14.8. The average molecular weight is 453 g/mol. The number of phenols is 1. The Morgan fingerprint density at radius 3 is 2.00 bits per heavy atom. The minimum absolute atomic E-state index is 0.0310. The SMILES string of the molecule is COC(=O)CSc1nc(N)c(C#N)c(-c2cc(C(C)(C)C)c(O)c(C(C)(C)C)c2)c1C#N. The fourth-order valence-electron chi connectivity index (χ4n) is 3.30. The van der Waals surface area contributed by atoms with Gasteiger partial charge in [0.25, 0.3) is 0 Å². The maximum absolute atomic E-state index is 11.6. The second kappa shape index (κ2) is 9.10. The van der Waals surface area contributed by atoms with Gasteiger partial charge in [-0.3, -0.25) is 4.79 Å². The third kappa shape index (κ3) is 4.98. The number of carbonyl (C=O) groups is 1. The molecule has 8 heteroatoms. The molecule has 0 fully saturated rings. The summed E-state index contributed by atoms with van der Waals surface area (Å²) in [5.74, 6) is -0.372. The fraction of sp³-hybridized carbons (Fsp3) is 0.417. The van der Waals surface area contributed by atoms with Crippen molar-refractivity contribution in [1.82, 2.24) is 4.98 Å². The highest BCUT2D eigenvalue weighted by Gasteiger charge is 2.29. The van der Waals surface area contributed by atoms with E-state index in [1.807, 2.05) is 41.5 Å². The highest BCUT2D eigenvalue weighted by Crippen LogP contribution is 2.44. The molecule has 0 aliphatic carbocycles. The number of thioether (sulfide) groups is 1. The van der Waals surface area contributed by atoms with Crippen molar-refractivity contribution in [2.24, 2.45) is 0 Å². The first-order valence-electron chi connectivity index (χ1n) is 9.97. The number of carbonyl (C=O) groups excluding carboxylic acids is 1. The van der Waals surface area contributed by atoms with Crippen LogP contribution >= 0.6 is 11.8 Å². The number of nitrogens with zero attached hydrogens (tertiary/aromatic N) is 3. The van der Waals surface area contributed by atoms with Crippen LogP contribution < -0.4 is 5.73 Å². The van der Waals surface area contributed by atoms with Crippen LogP contribution in [0.4, 0.5) is 5.82 Å². The molecule has 2 aromatic rings. The van der Waals surface area contributed by atoms with Gasteiger partial charge < -0.3 is 15.6 Å². The highest BCUT2D eigenvalue weighted by atomic mass is 32.2. The molecule has 168 valence electrons. The number of pyridine rings is 1. The molecule has 3 N–H and O–H groups in total. The Morgan fingerprint density at radius 2 is 1.59 bits per heavy atom. The van der Waals surface area contributed by atoms with Crippen LogP contribution in [0.3, 0.4) is 0 Å². The summed E-state index contributed by atoms with van der Waals surface area (Å²) in [7, 11) is 1.28. The van der Waals surface area contributed by atoms with Gasteiger partial charge in [-0.15, -0.1) is 0 Å². The van der Waals surface area contributed by atoms with E-state index in [1.54, 1.807) is 12.1 Å². The van der Waals surface area contributed by atoms with Gasteiger partial charge in [-0.05, 0) is 28.5 Å². The van der Waals surface area contributed by atoms with E-state index in [2.05, 4.69) is 21.9 Å². The zero-order valence-corrected chi connectivity index (χ0v) is 20.3. The lowest BCUT2D eigenvalue weighted by atomic mass is 9.77. The normalized spacial score (nSPS) is 11.5. The van der Waals surface area contributed by atoms with E-state index in [0.717, 1.165) is 11.8 Å². The van der Waals surface area contributed by atoms with Gasteiger partial charge in [-0.2, -0.15) is 10.5 Å². The van der Waals surface area contributed by atoms with Crippen molar-refractivity contribution in [1.29, 1.82) is 10.5 Å². The predicted octanol–water partition coefficient (Wildman–Crippen LogP) is 4.64. The predicted molar refractivity (Wildman–Crippen MR) is 125 cm³/mol. The Morgan fingerprint density at radius 1 is 1.09 bits per heavy atom. The van der Waals surface area contributed by atoms with Crippen LogP contribution in [0.25, 0.3) is 11.1 Å². The van der Waals surface area contributed by atoms with E-state index in [-0.39, 0.29) is 33.5 Å². The van der Waals surface area contributed by atoms with Crippen LogP contribution in [-0.4, -0.2) is 28.9 Å². The molecule has 0 aliphatic heterocycles. The molecule has 0 atom stereocenters. The van der Waals surface area contributed by atoms with Crippen molar-refractivity contribution >= 4 is 23.5 Å². The summed E-state index contributed by atoms with van der Waals surface area (Å²) in [5, 5.41) is 31.1. The molecule has 0 aliphatic rings. The molecule has 1 aromatic heterocycles. The summed E-state index contributed by atoms with van der Waals surface area (Å²) in [6.07, 6.45) is 0. The van der Waals surface area contributed by atoms with Crippen LogP contribution in [0.2, 0.25) is 0 Å². The molecular formula is C24H28N4O3S. The molecule has 2 rings (SSSR count). The fourth-order valence-corrected chi connectivity index (χ4v) is 4.13. The molecule has 1 heterocycles. The van der Waals surface area contributed by atoms with Crippen molar-refractivity contribution in [3.8, 4) is 29.0 Å². The van der Waals surface area contributed by atoms with E-state index in [0.29, 0.717) is 22.3 Å². The standard InChI is InChI=1S/C24H28N4O3S/c1-23(2,3)16-8-13(9-17(20(16)30)24(4,5)6)19-14(10-25)21(27)28-22(15(19)11-26)32-12-18(29)31-7/h8-9,30H,12H2,1-7H3,(H2,27,28). The van der Waals surface area contributed by atoms with Gasteiger partial charge in [-0.1, -0.05) is 53.3 Å². The van der Waals surface area contributed by atoms with E-state index in [1.165, 1.54) is 7.11 Å². The number of benzene rings is 1.